The standard InChI is InChI=1S/C10H18O3S/c1-12-8-3-2-4-9(7-8)13-10(11)5-6-14/h8-9,14H,2-7H2,1H3. The third kappa shape index (κ3) is 3.88. The molecule has 0 saturated heterocycles. The summed E-state index contributed by atoms with van der Waals surface area (Å²) in [5, 5.41) is 0. The van der Waals surface area contributed by atoms with E-state index in [-0.39, 0.29) is 18.2 Å². The topological polar surface area (TPSA) is 35.5 Å². The zero-order valence-corrected chi connectivity index (χ0v) is 9.46. The number of hydrogen-bond donors (Lipinski definition) is 1. The summed E-state index contributed by atoms with van der Waals surface area (Å²) in [6, 6.07) is 0. The summed E-state index contributed by atoms with van der Waals surface area (Å²) in [7, 11) is 1.71. The van der Waals surface area contributed by atoms with Crippen molar-refractivity contribution in [1.82, 2.24) is 0 Å². The van der Waals surface area contributed by atoms with Crippen LogP contribution < -0.4 is 0 Å². The monoisotopic (exact) mass is 218 g/mol. The Morgan fingerprint density at radius 3 is 2.79 bits per heavy atom. The first kappa shape index (κ1) is 11.9. The van der Waals surface area contributed by atoms with E-state index in [1.54, 1.807) is 7.11 Å². The molecule has 2 atom stereocenters. The molecule has 0 spiro atoms. The molecule has 2 unspecified atom stereocenters. The first-order valence-electron chi connectivity index (χ1n) is 5.09. The fourth-order valence-corrected chi connectivity index (χ4v) is 1.94. The smallest absolute Gasteiger partial charge is 0.306 e. The Bertz CT molecular complexity index is 184. The van der Waals surface area contributed by atoms with Crippen molar-refractivity contribution in [1.29, 1.82) is 0 Å². The van der Waals surface area contributed by atoms with Crippen LogP contribution in [0.1, 0.15) is 32.1 Å². The lowest BCUT2D eigenvalue weighted by molar-refractivity contribution is -0.152. The highest BCUT2D eigenvalue weighted by molar-refractivity contribution is 7.80. The van der Waals surface area contributed by atoms with E-state index >= 15 is 0 Å². The van der Waals surface area contributed by atoms with Gasteiger partial charge in [0.05, 0.1) is 12.5 Å². The van der Waals surface area contributed by atoms with Crippen LogP contribution in [0.2, 0.25) is 0 Å². The Hall–Kier alpha value is -0.220. The van der Waals surface area contributed by atoms with Gasteiger partial charge in [-0.2, -0.15) is 12.6 Å². The molecular formula is C10H18O3S. The van der Waals surface area contributed by atoms with E-state index in [9.17, 15) is 4.79 Å². The number of thiol groups is 1. The van der Waals surface area contributed by atoms with Gasteiger partial charge >= 0.3 is 5.97 Å². The van der Waals surface area contributed by atoms with Crippen LogP contribution in [-0.2, 0) is 14.3 Å². The van der Waals surface area contributed by atoms with E-state index in [1.807, 2.05) is 0 Å². The molecule has 0 amide bonds. The van der Waals surface area contributed by atoms with E-state index in [1.165, 1.54) is 0 Å². The molecule has 1 saturated carbocycles. The van der Waals surface area contributed by atoms with Gasteiger partial charge in [0.25, 0.3) is 0 Å². The molecule has 1 aliphatic rings. The van der Waals surface area contributed by atoms with Crippen molar-refractivity contribution in [3.05, 3.63) is 0 Å². The molecule has 0 aromatic carbocycles. The Morgan fingerprint density at radius 2 is 2.14 bits per heavy atom. The van der Waals surface area contributed by atoms with Gasteiger partial charge in [-0.1, -0.05) is 0 Å². The Labute approximate surface area is 90.6 Å². The highest BCUT2D eigenvalue weighted by Gasteiger charge is 2.24. The second-order valence-electron chi connectivity index (χ2n) is 3.61. The lowest BCUT2D eigenvalue weighted by Gasteiger charge is -2.27. The second-order valence-corrected chi connectivity index (χ2v) is 4.06. The van der Waals surface area contributed by atoms with Crippen molar-refractivity contribution in [2.75, 3.05) is 12.9 Å². The second kappa shape index (κ2) is 6.30. The third-order valence-electron chi connectivity index (χ3n) is 2.53. The fourth-order valence-electron chi connectivity index (χ4n) is 1.76. The molecule has 0 aromatic rings. The first-order chi connectivity index (χ1) is 6.76. The SMILES string of the molecule is COC1CCCC(OC(=O)CCS)C1. The minimum atomic E-state index is -0.137. The lowest BCUT2D eigenvalue weighted by atomic mass is 9.95. The van der Waals surface area contributed by atoms with Gasteiger partial charge in [0.2, 0.25) is 0 Å². The first-order valence-corrected chi connectivity index (χ1v) is 5.72. The molecule has 0 aromatic heterocycles. The summed E-state index contributed by atoms with van der Waals surface area (Å²) >= 11 is 3.99. The molecule has 14 heavy (non-hydrogen) atoms. The van der Waals surface area contributed by atoms with Gasteiger partial charge in [-0.05, 0) is 19.3 Å². The summed E-state index contributed by atoms with van der Waals surface area (Å²) in [4.78, 5) is 11.2. The number of rotatable bonds is 4. The maximum atomic E-state index is 11.2. The van der Waals surface area contributed by atoms with Crippen LogP contribution in [0.4, 0.5) is 0 Å². The molecule has 0 aliphatic heterocycles. The summed E-state index contributed by atoms with van der Waals surface area (Å²) in [6.45, 7) is 0. The van der Waals surface area contributed by atoms with Gasteiger partial charge in [0, 0.05) is 19.3 Å². The Morgan fingerprint density at radius 1 is 1.43 bits per heavy atom. The van der Waals surface area contributed by atoms with Crippen molar-refractivity contribution in [3.63, 3.8) is 0 Å². The molecule has 0 heterocycles. The summed E-state index contributed by atoms with van der Waals surface area (Å²) in [5.74, 6) is 0.418. The fraction of sp³-hybridized carbons (Fsp3) is 0.900. The molecule has 0 radical (unpaired) electrons. The molecule has 0 N–H and O–H groups in total. The van der Waals surface area contributed by atoms with Crippen molar-refractivity contribution in [2.45, 2.75) is 44.3 Å². The van der Waals surface area contributed by atoms with E-state index in [4.69, 9.17) is 9.47 Å². The van der Waals surface area contributed by atoms with Crippen LogP contribution in [0.3, 0.4) is 0 Å². The van der Waals surface area contributed by atoms with Crippen LogP contribution in [0, 0.1) is 0 Å². The predicted molar refractivity (Wildman–Crippen MR) is 57.6 cm³/mol. The Kier molecular flexibility index (Phi) is 5.33. The normalized spacial score (nSPS) is 27.3. The van der Waals surface area contributed by atoms with E-state index in [2.05, 4.69) is 12.6 Å². The molecule has 3 nitrogen and oxygen atoms in total. The van der Waals surface area contributed by atoms with Crippen molar-refractivity contribution >= 4 is 18.6 Å². The zero-order valence-electron chi connectivity index (χ0n) is 8.57. The number of carbonyl (C=O) groups excluding carboxylic acids is 1. The summed E-state index contributed by atoms with van der Waals surface area (Å²) in [6.07, 6.45) is 4.69. The van der Waals surface area contributed by atoms with Crippen LogP contribution in [0.25, 0.3) is 0 Å². The van der Waals surface area contributed by atoms with Crippen LogP contribution in [0.5, 0.6) is 0 Å². The maximum absolute atomic E-state index is 11.2. The summed E-state index contributed by atoms with van der Waals surface area (Å²) < 4.78 is 10.6. The van der Waals surface area contributed by atoms with Gasteiger partial charge in [0.15, 0.2) is 0 Å². The minimum Gasteiger partial charge on any atom is -0.462 e. The van der Waals surface area contributed by atoms with E-state index in [0.29, 0.717) is 12.2 Å². The van der Waals surface area contributed by atoms with Gasteiger partial charge in [-0.15, -0.1) is 0 Å². The quantitative estimate of drug-likeness (QED) is 0.577. The molecule has 1 rings (SSSR count). The van der Waals surface area contributed by atoms with Crippen molar-refractivity contribution < 1.29 is 14.3 Å². The Balaban J connectivity index is 2.26. The minimum absolute atomic E-state index is 0.0566. The molecular weight excluding hydrogens is 200 g/mol. The average Bonchev–Trinajstić information content (AvgIpc) is 2.18. The average molecular weight is 218 g/mol. The van der Waals surface area contributed by atoms with Crippen LogP contribution in [-0.4, -0.2) is 31.0 Å². The molecule has 82 valence electrons. The summed E-state index contributed by atoms with van der Waals surface area (Å²) in [5.41, 5.74) is 0. The van der Waals surface area contributed by atoms with Crippen molar-refractivity contribution in [2.24, 2.45) is 0 Å². The molecule has 1 aliphatic carbocycles. The number of ether oxygens (including phenoxy) is 2. The zero-order chi connectivity index (χ0) is 10.4. The van der Waals surface area contributed by atoms with Gasteiger partial charge < -0.3 is 9.47 Å². The lowest BCUT2D eigenvalue weighted by Crippen LogP contribution is -2.29. The van der Waals surface area contributed by atoms with E-state index in [0.717, 1.165) is 25.7 Å². The highest BCUT2D eigenvalue weighted by atomic mass is 32.1. The highest BCUT2D eigenvalue weighted by Crippen LogP contribution is 2.23. The van der Waals surface area contributed by atoms with Gasteiger partial charge in [-0.3, -0.25) is 4.79 Å². The largest absolute Gasteiger partial charge is 0.462 e. The van der Waals surface area contributed by atoms with E-state index < -0.39 is 0 Å². The van der Waals surface area contributed by atoms with Crippen molar-refractivity contribution in [3.8, 4) is 0 Å². The van der Waals surface area contributed by atoms with Crippen LogP contribution in [0.15, 0.2) is 0 Å². The number of carbonyl (C=O) groups is 1. The number of methoxy groups -OCH3 is 1. The van der Waals surface area contributed by atoms with Crippen LogP contribution >= 0.6 is 12.6 Å². The molecule has 1 fully saturated rings. The third-order valence-corrected chi connectivity index (χ3v) is 2.75. The molecule has 4 heteroatoms. The number of esters is 1. The predicted octanol–water partition coefficient (Wildman–Crippen LogP) is 1.81. The number of hydrogen-bond acceptors (Lipinski definition) is 4. The maximum Gasteiger partial charge on any atom is 0.306 e. The van der Waals surface area contributed by atoms with Gasteiger partial charge in [-0.25, -0.2) is 0 Å². The molecule has 0 bridgehead atoms. The van der Waals surface area contributed by atoms with Gasteiger partial charge in [0.1, 0.15) is 6.10 Å².